The van der Waals surface area contributed by atoms with Crippen molar-refractivity contribution in [3.8, 4) is 0 Å². The number of rotatable bonds is 0. The third kappa shape index (κ3) is 1.01. The van der Waals surface area contributed by atoms with Crippen LogP contribution < -0.4 is 9.38 Å². The molecule has 14 heavy (non-hydrogen) atoms. The maximum Gasteiger partial charge on any atom is 0.520 e. The second-order valence-corrected chi connectivity index (χ2v) is 3.80. The largest absolute Gasteiger partial charge is 0.520 e. The van der Waals surface area contributed by atoms with Crippen LogP contribution in [0, 0.1) is 0 Å². The quantitative estimate of drug-likeness (QED) is 0.638. The van der Waals surface area contributed by atoms with Crippen molar-refractivity contribution in [2.45, 2.75) is 0 Å². The Morgan fingerprint density at radius 1 is 1.50 bits per heavy atom. The molecule has 0 radical (unpaired) electrons. The summed E-state index contributed by atoms with van der Waals surface area (Å²) in [6.07, 6.45) is -0.818. The first kappa shape index (κ1) is 9.02. The molecule has 0 saturated heterocycles. The van der Waals surface area contributed by atoms with Gasteiger partial charge in [0.1, 0.15) is 5.69 Å². The van der Waals surface area contributed by atoms with E-state index in [-0.39, 0.29) is 4.48 Å². The summed E-state index contributed by atoms with van der Waals surface area (Å²) >= 11 is 0. The predicted molar refractivity (Wildman–Crippen MR) is 55.5 cm³/mol. The number of amides is 1. The van der Waals surface area contributed by atoms with Crippen LogP contribution in [0.2, 0.25) is 0 Å². The Balaban J connectivity index is 2.59. The number of benzene rings is 1. The summed E-state index contributed by atoms with van der Waals surface area (Å²) in [7, 11) is 3.62. The summed E-state index contributed by atoms with van der Waals surface area (Å²) in [6.45, 7) is 0.481. The van der Waals surface area contributed by atoms with Gasteiger partial charge in [0.05, 0.1) is 7.05 Å². The van der Waals surface area contributed by atoms with Crippen LogP contribution in [0.4, 0.5) is 16.2 Å². The van der Waals surface area contributed by atoms with Crippen LogP contribution >= 0.6 is 0 Å². The van der Waals surface area contributed by atoms with E-state index in [2.05, 4.69) is 0 Å². The third-order valence-electron chi connectivity index (χ3n) is 2.74. The topological polar surface area (TPSA) is 40.5 Å². The minimum atomic E-state index is -0.818. The van der Waals surface area contributed by atoms with E-state index in [1.807, 2.05) is 36.2 Å². The van der Waals surface area contributed by atoms with Gasteiger partial charge < -0.3 is 10.0 Å². The van der Waals surface area contributed by atoms with Crippen LogP contribution in [0.15, 0.2) is 24.3 Å². The Bertz CT molecular complexity index is 391. The summed E-state index contributed by atoms with van der Waals surface area (Å²) in [5, 5.41) is 9.18. The van der Waals surface area contributed by atoms with Gasteiger partial charge >= 0.3 is 6.09 Å². The molecule has 0 bridgehead atoms. The van der Waals surface area contributed by atoms with E-state index in [0.717, 1.165) is 11.4 Å². The highest BCUT2D eigenvalue weighted by molar-refractivity contribution is 5.89. The van der Waals surface area contributed by atoms with E-state index in [1.54, 1.807) is 7.05 Å². The highest BCUT2D eigenvalue weighted by Crippen LogP contribution is 2.38. The average Bonchev–Trinajstić information content (AvgIpc) is 2.42. The van der Waals surface area contributed by atoms with Gasteiger partial charge in [0, 0.05) is 13.1 Å². The molecule has 1 aliphatic rings. The lowest BCUT2D eigenvalue weighted by atomic mass is 10.2. The van der Waals surface area contributed by atoms with Gasteiger partial charge in [-0.15, -0.1) is 0 Å². The zero-order valence-corrected chi connectivity index (χ0v) is 8.27. The smallest absolute Gasteiger partial charge is 0.435 e. The number of para-hydroxylation sites is 2. The number of quaternary nitrogens is 1. The van der Waals surface area contributed by atoms with Crippen LogP contribution in [0.25, 0.3) is 0 Å². The maximum atomic E-state index is 11.2. The second-order valence-electron chi connectivity index (χ2n) is 3.80. The molecule has 0 fully saturated rings. The Hall–Kier alpha value is -1.55. The molecule has 4 heteroatoms. The molecule has 0 spiro atoms. The molecular weight excluding hydrogens is 180 g/mol. The van der Waals surface area contributed by atoms with Gasteiger partial charge in [-0.3, -0.25) is 0 Å². The molecule has 1 aromatic carbocycles. The lowest BCUT2D eigenvalue weighted by molar-refractivity contribution is 0.160. The summed E-state index contributed by atoms with van der Waals surface area (Å²) in [5.41, 5.74) is 1.85. The number of hydrogen-bond acceptors (Lipinski definition) is 2. The number of carboxylic acid groups (broad SMARTS) is 1. The summed E-state index contributed by atoms with van der Waals surface area (Å²) in [6, 6.07) is 7.61. The van der Waals surface area contributed by atoms with Gasteiger partial charge in [-0.05, 0) is 6.07 Å². The maximum absolute atomic E-state index is 11.2. The van der Waals surface area contributed by atoms with Gasteiger partial charge in [-0.2, -0.15) is 9.28 Å². The average molecular weight is 193 g/mol. The summed E-state index contributed by atoms with van der Waals surface area (Å²) in [4.78, 5) is 13.1. The van der Waals surface area contributed by atoms with Gasteiger partial charge in [0.25, 0.3) is 0 Å². The number of anilines is 1. The molecule has 4 nitrogen and oxygen atoms in total. The fourth-order valence-electron chi connectivity index (χ4n) is 1.94. The van der Waals surface area contributed by atoms with E-state index >= 15 is 0 Å². The van der Waals surface area contributed by atoms with E-state index < -0.39 is 6.09 Å². The molecular formula is C10H13N2O2+. The second kappa shape index (κ2) is 2.72. The Morgan fingerprint density at radius 2 is 2.14 bits per heavy atom. The predicted octanol–water partition coefficient (Wildman–Crippen LogP) is 1.71. The zero-order valence-electron chi connectivity index (χ0n) is 8.27. The van der Waals surface area contributed by atoms with Crippen LogP contribution in [-0.2, 0) is 0 Å². The Kier molecular flexibility index (Phi) is 1.75. The molecule has 2 rings (SSSR count). The van der Waals surface area contributed by atoms with Gasteiger partial charge in [0.15, 0.2) is 12.4 Å². The van der Waals surface area contributed by atoms with Crippen LogP contribution in [0.1, 0.15) is 0 Å². The number of nitrogens with zero attached hydrogens (tertiary/aromatic N) is 2. The van der Waals surface area contributed by atoms with Crippen molar-refractivity contribution in [1.82, 2.24) is 4.48 Å². The zero-order chi connectivity index (χ0) is 10.3. The van der Waals surface area contributed by atoms with Crippen molar-refractivity contribution in [3.63, 3.8) is 0 Å². The molecule has 1 heterocycles. The minimum Gasteiger partial charge on any atom is -0.435 e. The normalized spacial score (nSPS) is 24.9. The first-order valence-corrected chi connectivity index (χ1v) is 4.45. The molecule has 1 aliphatic heterocycles. The van der Waals surface area contributed by atoms with Crippen molar-refractivity contribution in [2.75, 3.05) is 25.7 Å². The van der Waals surface area contributed by atoms with Crippen molar-refractivity contribution in [2.24, 2.45) is 0 Å². The number of hydrogen-bond donors (Lipinski definition) is 1. The summed E-state index contributed by atoms with van der Waals surface area (Å²) < 4.78 is -0.0628. The van der Waals surface area contributed by atoms with Crippen LogP contribution in [0.3, 0.4) is 0 Å². The molecule has 1 N–H and O–H groups in total. The van der Waals surface area contributed by atoms with E-state index in [0.29, 0.717) is 6.67 Å². The van der Waals surface area contributed by atoms with Gasteiger partial charge in [0.2, 0.25) is 0 Å². The molecule has 1 atom stereocenters. The molecule has 0 saturated carbocycles. The fourth-order valence-corrected chi connectivity index (χ4v) is 1.94. The van der Waals surface area contributed by atoms with Crippen LogP contribution in [0.5, 0.6) is 0 Å². The van der Waals surface area contributed by atoms with E-state index in [1.165, 1.54) is 0 Å². The van der Waals surface area contributed by atoms with Crippen molar-refractivity contribution >= 4 is 17.5 Å². The molecule has 0 aromatic heterocycles. The SMILES string of the molecule is CN1C[N+](C)(C(=O)O)c2ccccc21. The minimum absolute atomic E-state index is 0.0628. The fraction of sp³-hybridized carbons (Fsp3) is 0.300. The highest BCUT2D eigenvalue weighted by Gasteiger charge is 2.44. The van der Waals surface area contributed by atoms with Crippen LogP contribution in [-0.4, -0.2) is 32.0 Å². The standard InChI is InChI=1S/C10H12N2O2/c1-11-7-12(2,10(13)14)9-6-4-3-5-8(9)11/h3-6H,7H2,1-2H3/p+1. The van der Waals surface area contributed by atoms with Crippen molar-refractivity contribution in [3.05, 3.63) is 24.3 Å². The lowest BCUT2D eigenvalue weighted by Gasteiger charge is -2.21. The van der Waals surface area contributed by atoms with E-state index in [9.17, 15) is 9.90 Å². The van der Waals surface area contributed by atoms with E-state index in [4.69, 9.17) is 0 Å². The highest BCUT2D eigenvalue weighted by atomic mass is 16.4. The number of fused-ring (bicyclic) bond motifs is 1. The van der Waals surface area contributed by atoms with Crippen molar-refractivity contribution in [1.29, 1.82) is 0 Å². The lowest BCUT2D eigenvalue weighted by Crippen LogP contribution is -2.50. The molecule has 0 aliphatic carbocycles. The summed E-state index contributed by atoms with van der Waals surface area (Å²) in [5.74, 6) is 0. The van der Waals surface area contributed by atoms with Gasteiger partial charge in [-0.25, -0.2) is 0 Å². The number of carbonyl (C=O) groups is 1. The third-order valence-corrected chi connectivity index (χ3v) is 2.74. The Morgan fingerprint density at radius 3 is 2.79 bits per heavy atom. The molecule has 1 amide bonds. The molecule has 1 unspecified atom stereocenters. The molecule has 74 valence electrons. The van der Waals surface area contributed by atoms with Crippen molar-refractivity contribution < 1.29 is 9.90 Å². The van der Waals surface area contributed by atoms with Gasteiger partial charge in [-0.1, -0.05) is 12.1 Å². The Labute approximate surface area is 82.6 Å². The monoisotopic (exact) mass is 193 g/mol. The molecule has 1 aromatic rings. The first-order chi connectivity index (χ1) is 6.55. The first-order valence-electron chi connectivity index (χ1n) is 4.45.